The number of aryl methyl sites for hydroxylation is 1. The first-order chi connectivity index (χ1) is 12.6. The van der Waals surface area contributed by atoms with Crippen LogP contribution in [0.25, 0.3) is 0 Å². The van der Waals surface area contributed by atoms with Crippen molar-refractivity contribution < 1.29 is 9.59 Å². The zero-order valence-corrected chi connectivity index (χ0v) is 15.2. The third-order valence-corrected chi connectivity index (χ3v) is 5.31. The van der Waals surface area contributed by atoms with Crippen LogP contribution in [0.2, 0.25) is 0 Å². The highest BCUT2D eigenvalue weighted by Gasteiger charge is 2.34. The van der Waals surface area contributed by atoms with Gasteiger partial charge in [0.2, 0.25) is 11.8 Å². The molecule has 3 rings (SSSR count). The highest BCUT2D eigenvalue weighted by atomic mass is 16.2. The average Bonchev–Trinajstić information content (AvgIpc) is 2.67. The summed E-state index contributed by atoms with van der Waals surface area (Å²) < 4.78 is 0. The van der Waals surface area contributed by atoms with E-state index in [0.29, 0.717) is 0 Å². The lowest BCUT2D eigenvalue weighted by molar-refractivity contribution is -0.131. The molecule has 0 aliphatic heterocycles. The normalized spacial score (nSPS) is 21.0. The van der Waals surface area contributed by atoms with Crippen LogP contribution in [-0.4, -0.2) is 11.8 Å². The molecule has 3 atom stereocenters. The molecule has 1 aliphatic rings. The zero-order chi connectivity index (χ0) is 18.5. The van der Waals surface area contributed by atoms with Gasteiger partial charge < -0.3 is 11.1 Å². The summed E-state index contributed by atoms with van der Waals surface area (Å²) in [4.78, 5) is 24.9. The molecule has 3 N–H and O–H groups in total. The van der Waals surface area contributed by atoms with Crippen LogP contribution in [0, 0.1) is 12.8 Å². The SMILES string of the molecule is Cc1ccc([C@@H]2CCCC[C@H]2C(=O)N[C@H](C(N)=O)c2ccccc2)cc1. The molecule has 0 spiro atoms. The van der Waals surface area contributed by atoms with Crippen molar-refractivity contribution in [2.45, 2.75) is 44.6 Å². The van der Waals surface area contributed by atoms with E-state index in [1.54, 1.807) is 0 Å². The Balaban J connectivity index is 1.79. The van der Waals surface area contributed by atoms with Gasteiger partial charge in [0.25, 0.3) is 0 Å². The van der Waals surface area contributed by atoms with Crippen molar-refractivity contribution in [2.75, 3.05) is 0 Å². The molecule has 1 aliphatic carbocycles. The van der Waals surface area contributed by atoms with Crippen molar-refractivity contribution in [2.24, 2.45) is 11.7 Å². The topological polar surface area (TPSA) is 72.2 Å². The van der Waals surface area contributed by atoms with Gasteiger partial charge in [0, 0.05) is 5.92 Å². The first-order valence-corrected chi connectivity index (χ1v) is 9.27. The van der Waals surface area contributed by atoms with Crippen molar-refractivity contribution >= 4 is 11.8 Å². The molecule has 2 aromatic carbocycles. The van der Waals surface area contributed by atoms with E-state index in [1.807, 2.05) is 30.3 Å². The van der Waals surface area contributed by atoms with Crippen LogP contribution < -0.4 is 11.1 Å². The first-order valence-electron chi connectivity index (χ1n) is 9.27. The molecule has 0 aromatic heterocycles. The Morgan fingerprint density at radius 3 is 2.31 bits per heavy atom. The van der Waals surface area contributed by atoms with Crippen molar-refractivity contribution in [3.8, 4) is 0 Å². The van der Waals surface area contributed by atoms with Crippen LogP contribution in [0.3, 0.4) is 0 Å². The number of hydrogen-bond donors (Lipinski definition) is 2. The Morgan fingerprint density at radius 1 is 1.00 bits per heavy atom. The number of rotatable bonds is 5. The minimum absolute atomic E-state index is 0.0806. The third-order valence-electron chi connectivity index (χ3n) is 5.31. The highest BCUT2D eigenvalue weighted by Crippen LogP contribution is 2.38. The van der Waals surface area contributed by atoms with Gasteiger partial charge in [0.15, 0.2) is 0 Å². The second kappa shape index (κ2) is 8.17. The summed E-state index contributed by atoms with van der Waals surface area (Å²) >= 11 is 0. The van der Waals surface area contributed by atoms with E-state index in [0.717, 1.165) is 31.2 Å². The predicted molar refractivity (Wildman–Crippen MR) is 102 cm³/mol. The Kier molecular flexibility index (Phi) is 5.71. The molecule has 26 heavy (non-hydrogen) atoms. The Morgan fingerprint density at radius 2 is 1.65 bits per heavy atom. The maximum absolute atomic E-state index is 13.0. The average molecular weight is 350 g/mol. The number of hydrogen-bond acceptors (Lipinski definition) is 2. The van der Waals surface area contributed by atoms with Crippen molar-refractivity contribution in [3.63, 3.8) is 0 Å². The molecular formula is C22H26N2O2. The number of carbonyl (C=O) groups is 2. The van der Waals surface area contributed by atoms with E-state index in [2.05, 4.69) is 36.5 Å². The number of benzene rings is 2. The van der Waals surface area contributed by atoms with Gasteiger partial charge in [-0.05, 0) is 36.8 Å². The Bertz CT molecular complexity index is 755. The maximum atomic E-state index is 13.0. The maximum Gasteiger partial charge on any atom is 0.244 e. The van der Waals surface area contributed by atoms with Gasteiger partial charge in [0.05, 0.1) is 0 Å². The predicted octanol–water partition coefficient (Wildman–Crippen LogP) is 3.61. The second-order valence-corrected chi connectivity index (χ2v) is 7.16. The fourth-order valence-corrected chi connectivity index (χ4v) is 3.87. The van der Waals surface area contributed by atoms with Crippen LogP contribution in [0.15, 0.2) is 54.6 Å². The van der Waals surface area contributed by atoms with Crippen LogP contribution >= 0.6 is 0 Å². The number of carbonyl (C=O) groups excluding carboxylic acids is 2. The molecule has 0 radical (unpaired) electrons. The van der Waals surface area contributed by atoms with E-state index in [1.165, 1.54) is 11.1 Å². The van der Waals surface area contributed by atoms with Gasteiger partial charge in [0.1, 0.15) is 6.04 Å². The van der Waals surface area contributed by atoms with Crippen LogP contribution in [0.5, 0.6) is 0 Å². The van der Waals surface area contributed by atoms with Crippen LogP contribution in [0.1, 0.15) is 54.3 Å². The molecule has 2 aromatic rings. The molecule has 2 amide bonds. The summed E-state index contributed by atoms with van der Waals surface area (Å²) in [6.45, 7) is 2.06. The van der Waals surface area contributed by atoms with E-state index in [4.69, 9.17) is 5.73 Å². The second-order valence-electron chi connectivity index (χ2n) is 7.16. The summed E-state index contributed by atoms with van der Waals surface area (Å²) in [7, 11) is 0. The van der Waals surface area contributed by atoms with E-state index in [9.17, 15) is 9.59 Å². The van der Waals surface area contributed by atoms with Crippen molar-refractivity contribution in [1.29, 1.82) is 0 Å². The number of nitrogens with two attached hydrogens (primary N) is 1. The van der Waals surface area contributed by atoms with E-state index < -0.39 is 11.9 Å². The quantitative estimate of drug-likeness (QED) is 0.864. The molecule has 4 heteroatoms. The van der Waals surface area contributed by atoms with Gasteiger partial charge in [-0.15, -0.1) is 0 Å². The molecular weight excluding hydrogens is 324 g/mol. The summed E-state index contributed by atoms with van der Waals surface area (Å²) in [6, 6.07) is 16.8. The van der Waals surface area contributed by atoms with Gasteiger partial charge >= 0.3 is 0 Å². The van der Waals surface area contributed by atoms with Gasteiger partial charge in [-0.1, -0.05) is 73.0 Å². The van der Waals surface area contributed by atoms with E-state index in [-0.39, 0.29) is 17.7 Å². The molecule has 4 nitrogen and oxygen atoms in total. The molecule has 0 bridgehead atoms. The summed E-state index contributed by atoms with van der Waals surface area (Å²) in [5, 5.41) is 2.90. The number of amides is 2. The standard InChI is InChI=1S/C22H26N2O2/c1-15-11-13-16(14-12-15)18-9-5-6-10-19(18)22(26)24-20(21(23)25)17-7-3-2-4-8-17/h2-4,7-8,11-14,18-20H,5-6,9-10H2,1H3,(H2,23,25)(H,24,26)/t18-,19+,20-/m0/s1. The highest BCUT2D eigenvalue weighted by molar-refractivity contribution is 5.89. The fraction of sp³-hybridized carbons (Fsp3) is 0.364. The molecule has 0 unspecified atom stereocenters. The van der Waals surface area contributed by atoms with Gasteiger partial charge in [-0.2, -0.15) is 0 Å². The lowest BCUT2D eigenvalue weighted by atomic mass is 9.75. The van der Waals surface area contributed by atoms with Crippen LogP contribution in [0.4, 0.5) is 0 Å². The third kappa shape index (κ3) is 4.13. The Hall–Kier alpha value is -2.62. The molecule has 1 fully saturated rings. The zero-order valence-electron chi connectivity index (χ0n) is 15.2. The number of nitrogens with one attached hydrogen (secondary N) is 1. The molecule has 136 valence electrons. The minimum Gasteiger partial charge on any atom is -0.368 e. The van der Waals surface area contributed by atoms with E-state index >= 15 is 0 Å². The largest absolute Gasteiger partial charge is 0.368 e. The minimum atomic E-state index is -0.788. The van der Waals surface area contributed by atoms with Crippen molar-refractivity contribution in [3.05, 3.63) is 71.3 Å². The first kappa shape index (κ1) is 18.2. The lowest BCUT2D eigenvalue weighted by Gasteiger charge is -2.32. The van der Waals surface area contributed by atoms with Crippen LogP contribution in [-0.2, 0) is 9.59 Å². The van der Waals surface area contributed by atoms with Gasteiger partial charge in [-0.3, -0.25) is 9.59 Å². The molecule has 0 saturated heterocycles. The summed E-state index contributed by atoms with van der Waals surface area (Å²) in [6.07, 6.45) is 3.99. The Labute approximate surface area is 154 Å². The van der Waals surface area contributed by atoms with Gasteiger partial charge in [-0.25, -0.2) is 0 Å². The smallest absolute Gasteiger partial charge is 0.244 e. The molecule has 1 saturated carbocycles. The fourth-order valence-electron chi connectivity index (χ4n) is 3.87. The molecule has 0 heterocycles. The summed E-state index contributed by atoms with van der Waals surface area (Å²) in [5.74, 6) is -0.555. The summed E-state index contributed by atoms with van der Waals surface area (Å²) in [5.41, 5.74) is 8.69. The monoisotopic (exact) mass is 350 g/mol. The lowest BCUT2D eigenvalue weighted by Crippen LogP contribution is -2.42. The number of primary amides is 1. The van der Waals surface area contributed by atoms with Crippen molar-refractivity contribution in [1.82, 2.24) is 5.32 Å².